The average molecular weight is 478 g/mol. The Morgan fingerprint density at radius 1 is 1.11 bits per heavy atom. The number of fused-ring (bicyclic) bond motifs is 1. The van der Waals surface area contributed by atoms with E-state index in [1.807, 2.05) is 63.2 Å². The minimum Gasteiger partial charge on any atom is -0.491 e. The first-order valence-corrected chi connectivity index (χ1v) is 12.1. The number of rotatable bonds is 5. The van der Waals surface area contributed by atoms with Crippen LogP contribution in [0.4, 0.5) is 14.9 Å². The number of halogens is 1. The van der Waals surface area contributed by atoms with Gasteiger partial charge in [-0.3, -0.25) is 4.79 Å². The highest BCUT2D eigenvalue weighted by Gasteiger charge is 2.24. The van der Waals surface area contributed by atoms with Crippen LogP contribution in [-0.2, 0) is 17.9 Å². The van der Waals surface area contributed by atoms with Crippen LogP contribution in [0.1, 0.15) is 43.4 Å². The molecule has 0 bridgehead atoms. The van der Waals surface area contributed by atoms with Gasteiger partial charge >= 0.3 is 6.03 Å². The van der Waals surface area contributed by atoms with Gasteiger partial charge in [-0.05, 0) is 55.7 Å². The number of urea groups is 1. The van der Waals surface area contributed by atoms with Gasteiger partial charge < -0.3 is 19.9 Å². The number of amides is 3. The van der Waals surface area contributed by atoms with Crippen molar-refractivity contribution < 1.29 is 18.7 Å². The summed E-state index contributed by atoms with van der Waals surface area (Å²) in [7, 11) is 0. The van der Waals surface area contributed by atoms with E-state index >= 15 is 0 Å². The Balaban J connectivity index is 1.54. The smallest absolute Gasteiger partial charge is 0.322 e. The van der Waals surface area contributed by atoms with E-state index in [0.29, 0.717) is 44.8 Å². The zero-order valence-electron chi connectivity index (χ0n) is 20.5. The number of hydrogen-bond donors (Lipinski definition) is 1. The van der Waals surface area contributed by atoms with E-state index in [0.717, 1.165) is 22.4 Å². The number of carbonyl (C=O) groups excluding carboxylic acids is 2. The molecule has 0 saturated carbocycles. The van der Waals surface area contributed by atoms with E-state index in [2.05, 4.69) is 5.32 Å². The molecule has 0 unspecified atom stereocenters. The molecule has 7 heteroatoms. The third kappa shape index (κ3) is 5.91. The summed E-state index contributed by atoms with van der Waals surface area (Å²) >= 11 is 0. The quantitative estimate of drug-likeness (QED) is 0.608. The van der Waals surface area contributed by atoms with Crippen molar-refractivity contribution in [3.05, 3.63) is 82.8 Å². The van der Waals surface area contributed by atoms with Crippen molar-refractivity contribution >= 4 is 17.6 Å². The van der Waals surface area contributed by atoms with Gasteiger partial charge in [0.15, 0.2) is 0 Å². The highest BCUT2D eigenvalue weighted by Crippen LogP contribution is 2.27. The van der Waals surface area contributed by atoms with Gasteiger partial charge in [0, 0.05) is 17.2 Å². The third-order valence-corrected chi connectivity index (χ3v) is 6.18. The first kappa shape index (κ1) is 24.5. The summed E-state index contributed by atoms with van der Waals surface area (Å²) < 4.78 is 19.9. The van der Waals surface area contributed by atoms with Gasteiger partial charge in [0.25, 0.3) is 0 Å². The summed E-state index contributed by atoms with van der Waals surface area (Å²) in [6.07, 6.45) is 4.53. The van der Waals surface area contributed by atoms with Crippen LogP contribution in [0.25, 0.3) is 0 Å². The van der Waals surface area contributed by atoms with Gasteiger partial charge in [-0.1, -0.05) is 43.7 Å². The number of aryl methyl sites for hydroxylation is 1. The number of nitrogens with one attached hydrogen (secondary N) is 1. The van der Waals surface area contributed by atoms with Crippen molar-refractivity contribution in [3.63, 3.8) is 0 Å². The number of anilines is 1. The molecular formula is C28H32FN3O3. The predicted molar refractivity (Wildman–Crippen MR) is 135 cm³/mol. The van der Waals surface area contributed by atoms with Crippen LogP contribution < -0.4 is 15.0 Å². The van der Waals surface area contributed by atoms with Crippen LogP contribution in [0.5, 0.6) is 5.75 Å². The summed E-state index contributed by atoms with van der Waals surface area (Å²) in [5.41, 5.74) is 3.99. The fourth-order valence-electron chi connectivity index (χ4n) is 4.18. The highest BCUT2D eigenvalue weighted by atomic mass is 19.1. The molecule has 1 N–H and O–H groups in total. The summed E-state index contributed by atoms with van der Waals surface area (Å²) in [6, 6.07) is 13.4. The molecule has 2 aromatic rings. The van der Waals surface area contributed by atoms with Gasteiger partial charge in [0.05, 0.1) is 25.3 Å². The van der Waals surface area contributed by atoms with Crippen LogP contribution in [0.15, 0.2) is 66.1 Å². The molecule has 1 aliphatic carbocycles. The van der Waals surface area contributed by atoms with E-state index in [9.17, 15) is 14.0 Å². The van der Waals surface area contributed by atoms with E-state index < -0.39 is 5.83 Å². The Kier molecular flexibility index (Phi) is 7.54. The van der Waals surface area contributed by atoms with Gasteiger partial charge in [-0.2, -0.15) is 0 Å². The Labute approximate surface area is 206 Å². The van der Waals surface area contributed by atoms with E-state index in [4.69, 9.17) is 4.74 Å². The lowest BCUT2D eigenvalue weighted by Crippen LogP contribution is -2.40. The summed E-state index contributed by atoms with van der Waals surface area (Å²) in [4.78, 5) is 29.3. The molecule has 0 spiro atoms. The van der Waals surface area contributed by atoms with Crippen LogP contribution in [0, 0.1) is 12.8 Å². The zero-order chi connectivity index (χ0) is 24.9. The second-order valence-corrected chi connectivity index (χ2v) is 9.30. The molecule has 0 atom stereocenters. The Morgan fingerprint density at radius 3 is 2.57 bits per heavy atom. The lowest BCUT2D eigenvalue weighted by molar-refractivity contribution is -0.121. The molecule has 4 rings (SSSR count). The molecule has 3 amide bonds. The minimum atomic E-state index is -0.399. The number of ether oxygens (including phenoxy) is 1. The van der Waals surface area contributed by atoms with Gasteiger partial charge in [-0.25, -0.2) is 9.18 Å². The molecule has 184 valence electrons. The van der Waals surface area contributed by atoms with E-state index in [1.54, 1.807) is 15.9 Å². The van der Waals surface area contributed by atoms with E-state index in [1.165, 1.54) is 6.08 Å². The molecule has 2 aliphatic rings. The molecule has 35 heavy (non-hydrogen) atoms. The monoisotopic (exact) mass is 477 g/mol. The molecular weight excluding hydrogens is 445 g/mol. The van der Waals surface area contributed by atoms with Crippen molar-refractivity contribution in [2.75, 3.05) is 18.1 Å². The second kappa shape index (κ2) is 10.8. The Morgan fingerprint density at radius 2 is 1.86 bits per heavy atom. The molecule has 0 radical (unpaired) electrons. The molecule has 6 nitrogen and oxygen atoms in total. The lowest BCUT2D eigenvalue weighted by atomic mass is 10.1. The maximum atomic E-state index is 14.1. The van der Waals surface area contributed by atoms with Crippen molar-refractivity contribution in [1.29, 1.82) is 0 Å². The predicted octanol–water partition coefficient (Wildman–Crippen LogP) is 5.62. The van der Waals surface area contributed by atoms with Gasteiger partial charge in [-0.15, -0.1) is 0 Å². The van der Waals surface area contributed by atoms with Gasteiger partial charge in [0.2, 0.25) is 5.91 Å². The zero-order valence-corrected chi connectivity index (χ0v) is 20.5. The third-order valence-electron chi connectivity index (χ3n) is 6.18. The minimum absolute atomic E-state index is 0.0388. The van der Waals surface area contributed by atoms with Crippen molar-refractivity contribution in [3.8, 4) is 5.75 Å². The molecule has 0 aromatic heterocycles. The average Bonchev–Trinajstić information content (AvgIpc) is 3.06. The van der Waals surface area contributed by atoms with Crippen LogP contribution in [0.3, 0.4) is 0 Å². The summed E-state index contributed by atoms with van der Waals surface area (Å²) in [5, 5.41) is 2.69. The van der Waals surface area contributed by atoms with Crippen LogP contribution >= 0.6 is 0 Å². The maximum Gasteiger partial charge on any atom is 0.322 e. The lowest BCUT2D eigenvalue weighted by Gasteiger charge is -2.26. The van der Waals surface area contributed by atoms with Crippen LogP contribution in [-0.4, -0.2) is 30.0 Å². The SMILES string of the molecule is Cc1ccc(N(Cc2ccc3c(c2)CN(C(=O)NC2=CCCC=C2F)CCO3)C(=O)C(C)C)cc1. The molecule has 2 aromatic carbocycles. The number of hydrogen-bond acceptors (Lipinski definition) is 3. The van der Waals surface area contributed by atoms with Crippen LogP contribution in [0.2, 0.25) is 0 Å². The summed E-state index contributed by atoms with van der Waals surface area (Å²) in [6.45, 7) is 7.27. The van der Waals surface area contributed by atoms with Crippen molar-refractivity contribution in [1.82, 2.24) is 10.2 Å². The molecule has 1 aliphatic heterocycles. The number of allylic oxidation sites excluding steroid dienone is 3. The standard InChI is InChI=1S/C28H32FN3O3/c1-19(2)27(33)32(23-11-8-20(3)9-12-23)17-21-10-13-26-22(16-21)18-31(14-15-35-26)28(34)30-25-7-5-4-6-24(25)29/h6-13,16,19H,4-5,14-15,17-18H2,1-3H3,(H,30,34). The number of nitrogens with zero attached hydrogens (tertiary/aromatic N) is 2. The van der Waals surface area contributed by atoms with Crippen molar-refractivity contribution in [2.45, 2.75) is 46.7 Å². The molecule has 1 heterocycles. The number of benzene rings is 2. The van der Waals surface area contributed by atoms with Gasteiger partial charge in [0.1, 0.15) is 18.2 Å². The fraction of sp³-hybridized carbons (Fsp3) is 0.357. The topological polar surface area (TPSA) is 61.9 Å². The second-order valence-electron chi connectivity index (χ2n) is 9.30. The largest absolute Gasteiger partial charge is 0.491 e. The summed E-state index contributed by atoms with van der Waals surface area (Å²) in [5.74, 6) is 0.202. The molecule has 0 saturated heterocycles. The fourth-order valence-corrected chi connectivity index (χ4v) is 4.18. The first-order valence-electron chi connectivity index (χ1n) is 12.1. The van der Waals surface area contributed by atoms with E-state index in [-0.39, 0.29) is 23.6 Å². The maximum absolute atomic E-state index is 14.1. The Bertz CT molecular complexity index is 1150. The van der Waals surface area contributed by atoms with Crippen molar-refractivity contribution in [2.24, 2.45) is 5.92 Å². The normalized spacial score (nSPS) is 15.4. The molecule has 0 fully saturated rings. The highest BCUT2D eigenvalue weighted by molar-refractivity contribution is 5.94. The Hall–Kier alpha value is -3.61. The first-order chi connectivity index (χ1) is 16.8. The number of carbonyl (C=O) groups is 2.